The maximum absolute atomic E-state index is 9.27. The summed E-state index contributed by atoms with van der Waals surface area (Å²) in [5.41, 5.74) is 9.42. The van der Waals surface area contributed by atoms with E-state index in [0.717, 1.165) is 17.7 Å². The zero-order chi connectivity index (χ0) is 15.6. The summed E-state index contributed by atoms with van der Waals surface area (Å²) in [6.45, 7) is 8.22. The van der Waals surface area contributed by atoms with Gasteiger partial charge >= 0.3 is 0 Å². The zero-order valence-corrected chi connectivity index (χ0v) is 13.0. The molecule has 4 heteroatoms. The van der Waals surface area contributed by atoms with Gasteiger partial charge < -0.3 is 10.5 Å². The van der Waals surface area contributed by atoms with E-state index in [-0.39, 0.29) is 6.04 Å². The zero-order valence-electron chi connectivity index (χ0n) is 13.0. The predicted octanol–water partition coefficient (Wildman–Crippen LogP) is 4.32. The third kappa shape index (κ3) is 2.87. The SMILES string of the molecule is CC[C@@H](C)n1c(C#N)cc(N)c1Oc1ccc(C)c(C)c1. The molecular weight excluding hydrogens is 262 g/mol. The first-order valence-corrected chi connectivity index (χ1v) is 7.13. The Morgan fingerprint density at radius 2 is 2.00 bits per heavy atom. The molecule has 1 aromatic carbocycles. The number of ether oxygens (including phenoxy) is 1. The second-order valence-electron chi connectivity index (χ2n) is 5.38. The van der Waals surface area contributed by atoms with Crippen molar-refractivity contribution in [3.8, 4) is 17.7 Å². The number of rotatable bonds is 4. The standard InChI is InChI=1S/C17H21N3O/c1-5-13(4)20-14(10-18)9-16(19)17(20)21-15-7-6-11(2)12(3)8-15/h6-9,13H,5,19H2,1-4H3/t13-/m1/s1. The summed E-state index contributed by atoms with van der Waals surface area (Å²) >= 11 is 0. The van der Waals surface area contributed by atoms with Crippen LogP contribution in [-0.4, -0.2) is 4.57 Å². The Morgan fingerprint density at radius 1 is 1.29 bits per heavy atom. The minimum atomic E-state index is 0.151. The van der Waals surface area contributed by atoms with Gasteiger partial charge in [0.05, 0.1) is 5.69 Å². The Kier molecular flexibility index (Phi) is 4.23. The number of anilines is 1. The first-order valence-electron chi connectivity index (χ1n) is 7.13. The van der Waals surface area contributed by atoms with Gasteiger partial charge in [0.15, 0.2) is 0 Å². The van der Waals surface area contributed by atoms with Crippen LogP contribution in [0.2, 0.25) is 0 Å². The van der Waals surface area contributed by atoms with E-state index in [2.05, 4.69) is 19.9 Å². The van der Waals surface area contributed by atoms with E-state index in [4.69, 9.17) is 10.5 Å². The average Bonchev–Trinajstić information content (AvgIpc) is 2.78. The lowest BCUT2D eigenvalue weighted by atomic mass is 10.1. The highest BCUT2D eigenvalue weighted by molar-refractivity contribution is 5.57. The van der Waals surface area contributed by atoms with E-state index in [1.54, 1.807) is 6.07 Å². The second-order valence-corrected chi connectivity index (χ2v) is 5.38. The molecule has 0 aliphatic rings. The summed E-state index contributed by atoms with van der Waals surface area (Å²) in [4.78, 5) is 0. The predicted molar refractivity (Wildman–Crippen MR) is 84.6 cm³/mol. The van der Waals surface area contributed by atoms with E-state index in [0.29, 0.717) is 17.3 Å². The molecule has 21 heavy (non-hydrogen) atoms. The van der Waals surface area contributed by atoms with Crippen LogP contribution in [0.5, 0.6) is 11.6 Å². The highest BCUT2D eigenvalue weighted by Crippen LogP contribution is 2.35. The van der Waals surface area contributed by atoms with Crippen LogP contribution in [-0.2, 0) is 0 Å². The van der Waals surface area contributed by atoms with Crippen molar-refractivity contribution in [1.82, 2.24) is 4.57 Å². The molecule has 0 saturated carbocycles. The molecule has 0 fully saturated rings. The highest BCUT2D eigenvalue weighted by Gasteiger charge is 2.19. The lowest BCUT2D eigenvalue weighted by molar-refractivity contribution is 0.397. The number of hydrogen-bond acceptors (Lipinski definition) is 3. The number of benzene rings is 1. The van der Waals surface area contributed by atoms with Crippen LogP contribution in [0.3, 0.4) is 0 Å². The third-order valence-electron chi connectivity index (χ3n) is 3.86. The maximum atomic E-state index is 9.27. The molecule has 2 aromatic rings. The van der Waals surface area contributed by atoms with E-state index >= 15 is 0 Å². The van der Waals surface area contributed by atoms with E-state index in [1.807, 2.05) is 36.6 Å². The van der Waals surface area contributed by atoms with Gasteiger partial charge in [-0.05, 0) is 50.5 Å². The minimum absolute atomic E-state index is 0.151. The van der Waals surface area contributed by atoms with Gasteiger partial charge in [-0.15, -0.1) is 0 Å². The Labute approximate surface area is 125 Å². The van der Waals surface area contributed by atoms with Crippen molar-refractivity contribution in [2.75, 3.05) is 5.73 Å². The fraction of sp³-hybridized carbons (Fsp3) is 0.353. The van der Waals surface area contributed by atoms with Crippen molar-refractivity contribution in [3.63, 3.8) is 0 Å². The van der Waals surface area contributed by atoms with E-state index in [1.165, 1.54) is 5.56 Å². The molecule has 0 aliphatic heterocycles. The van der Waals surface area contributed by atoms with Gasteiger partial charge in [-0.25, -0.2) is 0 Å². The highest BCUT2D eigenvalue weighted by atomic mass is 16.5. The lowest BCUT2D eigenvalue weighted by Gasteiger charge is -2.18. The summed E-state index contributed by atoms with van der Waals surface area (Å²) in [5.74, 6) is 1.28. The first kappa shape index (κ1) is 15.0. The van der Waals surface area contributed by atoms with E-state index in [9.17, 15) is 5.26 Å². The third-order valence-corrected chi connectivity index (χ3v) is 3.86. The Morgan fingerprint density at radius 3 is 2.57 bits per heavy atom. The normalized spacial score (nSPS) is 12.0. The fourth-order valence-corrected chi connectivity index (χ4v) is 2.23. The Balaban J connectivity index is 2.46. The van der Waals surface area contributed by atoms with Crippen LogP contribution in [0.25, 0.3) is 0 Å². The molecule has 1 heterocycles. The van der Waals surface area contributed by atoms with Crippen molar-refractivity contribution in [3.05, 3.63) is 41.1 Å². The van der Waals surface area contributed by atoms with Crippen LogP contribution < -0.4 is 10.5 Å². The van der Waals surface area contributed by atoms with Crippen LogP contribution in [0.4, 0.5) is 5.69 Å². The van der Waals surface area contributed by atoms with Crippen molar-refractivity contribution in [1.29, 1.82) is 5.26 Å². The maximum Gasteiger partial charge on any atom is 0.224 e. The molecule has 2 N–H and O–H groups in total. The Hall–Kier alpha value is -2.41. The summed E-state index contributed by atoms with van der Waals surface area (Å²) < 4.78 is 7.83. The van der Waals surface area contributed by atoms with Gasteiger partial charge in [0.2, 0.25) is 5.88 Å². The summed E-state index contributed by atoms with van der Waals surface area (Å²) in [6.07, 6.45) is 0.895. The average molecular weight is 283 g/mol. The largest absolute Gasteiger partial charge is 0.439 e. The van der Waals surface area contributed by atoms with Gasteiger partial charge in [0.1, 0.15) is 17.5 Å². The molecule has 0 radical (unpaired) electrons. The molecular formula is C17H21N3O. The van der Waals surface area contributed by atoms with Crippen molar-refractivity contribution >= 4 is 5.69 Å². The molecule has 1 aromatic heterocycles. The molecule has 0 amide bonds. The molecule has 4 nitrogen and oxygen atoms in total. The number of hydrogen-bond donors (Lipinski definition) is 1. The monoisotopic (exact) mass is 283 g/mol. The number of nitrogens with zero attached hydrogens (tertiary/aromatic N) is 2. The molecule has 110 valence electrons. The quantitative estimate of drug-likeness (QED) is 0.908. The topological polar surface area (TPSA) is 64.0 Å². The second kappa shape index (κ2) is 5.92. The van der Waals surface area contributed by atoms with Gasteiger partial charge in [-0.3, -0.25) is 4.57 Å². The number of nitrogen functional groups attached to an aromatic ring is 1. The number of nitriles is 1. The van der Waals surface area contributed by atoms with Gasteiger partial charge in [0, 0.05) is 12.1 Å². The summed E-state index contributed by atoms with van der Waals surface area (Å²) in [5, 5.41) is 9.27. The molecule has 1 atom stereocenters. The number of nitrogens with two attached hydrogens (primary N) is 1. The summed E-state index contributed by atoms with van der Waals surface area (Å²) in [7, 11) is 0. The van der Waals surface area contributed by atoms with Gasteiger partial charge in [0.25, 0.3) is 0 Å². The molecule has 0 spiro atoms. The smallest absolute Gasteiger partial charge is 0.224 e. The lowest BCUT2D eigenvalue weighted by Crippen LogP contribution is -2.08. The van der Waals surface area contributed by atoms with Crippen molar-refractivity contribution in [2.45, 2.75) is 40.2 Å². The summed E-state index contributed by atoms with van der Waals surface area (Å²) in [6, 6.07) is 9.92. The molecule has 2 rings (SSSR count). The molecule has 0 aliphatic carbocycles. The fourth-order valence-electron chi connectivity index (χ4n) is 2.23. The minimum Gasteiger partial charge on any atom is -0.439 e. The molecule has 0 saturated heterocycles. The van der Waals surface area contributed by atoms with Crippen LogP contribution in [0.15, 0.2) is 24.3 Å². The Bertz CT molecular complexity index is 695. The van der Waals surface area contributed by atoms with Gasteiger partial charge in [-0.1, -0.05) is 13.0 Å². The van der Waals surface area contributed by atoms with Crippen LogP contribution >= 0.6 is 0 Å². The van der Waals surface area contributed by atoms with Gasteiger partial charge in [-0.2, -0.15) is 5.26 Å². The van der Waals surface area contributed by atoms with Crippen LogP contribution in [0.1, 0.15) is 43.1 Å². The van der Waals surface area contributed by atoms with Crippen molar-refractivity contribution < 1.29 is 4.74 Å². The van der Waals surface area contributed by atoms with E-state index < -0.39 is 0 Å². The van der Waals surface area contributed by atoms with Crippen LogP contribution in [0, 0.1) is 25.2 Å². The molecule has 0 unspecified atom stereocenters. The number of aryl methyl sites for hydroxylation is 2. The number of aromatic nitrogens is 1. The first-order chi connectivity index (χ1) is 9.97. The van der Waals surface area contributed by atoms with Crippen molar-refractivity contribution in [2.24, 2.45) is 0 Å². The molecule has 0 bridgehead atoms.